The van der Waals surface area contributed by atoms with Crippen LogP contribution >= 0.6 is 0 Å². The zero-order valence-electron chi connectivity index (χ0n) is 11.7. The Kier molecular flexibility index (Phi) is 5.20. The molecule has 0 radical (unpaired) electrons. The van der Waals surface area contributed by atoms with E-state index < -0.39 is 0 Å². The molecule has 0 bridgehead atoms. The molecule has 0 aromatic carbocycles. The molecule has 18 heavy (non-hydrogen) atoms. The summed E-state index contributed by atoms with van der Waals surface area (Å²) in [7, 11) is 0. The van der Waals surface area contributed by atoms with Gasteiger partial charge in [-0.2, -0.15) is 0 Å². The number of imidazole rings is 1. The average Bonchev–Trinajstić information content (AvgIpc) is 2.96. The van der Waals surface area contributed by atoms with Crippen molar-refractivity contribution in [1.29, 1.82) is 0 Å². The number of nitrogens with zero attached hydrogens (tertiary/aromatic N) is 3. The minimum absolute atomic E-state index is 0.753. The molecule has 1 aromatic heterocycles. The van der Waals surface area contributed by atoms with Crippen LogP contribution in [-0.2, 0) is 6.54 Å². The van der Waals surface area contributed by atoms with E-state index >= 15 is 0 Å². The van der Waals surface area contributed by atoms with Gasteiger partial charge in [-0.05, 0) is 37.9 Å². The predicted octanol–water partition coefficient (Wildman–Crippen LogP) is 1.45. The fourth-order valence-corrected chi connectivity index (χ4v) is 2.53. The van der Waals surface area contributed by atoms with Crippen molar-refractivity contribution in [1.82, 2.24) is 19.8 Å². The highest BCUT2D eigenvalue weighted by molar-refractivity contribution is 4.79. The second kappa shape index (κ2) is 6.90. The highest BCUT2D eigenvalue weighted by atomic mass is 15.2. The van der Waals surface area contributed by atoms with E-state index in [-0.39, 0.29) is 0 Å². The fourth-order valence-electron chi connectivity index (χ4n) is 2.53. The molecule has 4 heteroatoms. The Bertz CT molecular complexity index is 321. The summed E-state index contributed by atoms with van der Waals surface area (Å²) in [4.78, 5) is 6.64. The van der Waals surface area contributed by atoms with Gasteiger partial charge in [0.1, 0.15) is 0 Å². The number of hydrogen-bond donors (Lipinski definition) is 1. The smallest absolute Gasteiger partial charge is 0.0946 e. The van der Waals surface area contributed by atoms with E-state index in [2.05, 4.69) is 33.6 Å². The number of rotatable bonds is 7. The van der Waals surface area contributed by atoms with Crippen molar-refractivity contribution in [2.24, 2.45) is 11.8 Å². The molecule has 1 unspecified atom stereocenters. The van der Waals surface area contributed by atoms with E-state index in [1.165, 1.54) is 26.1 Å². The monoisotopic (exact) mass is 250 g/mol. The van der Waals surface area contributed by atoms with Crippen LogP contribution in [0.15, 0.2) is 18.7 Å². The molecule has 1 aliphatic rings. The molecular formula is C14H26N4. The van der Waals surface area contributed by atoms with Crippen LogP contribution in [0.2, 0.25) is 0 Å². The number of hydrogen-bond acceptors (Lipinski definition) is 3. The summed E-state index contributed by atoms with van der Waals surface area (Å²) in [6.07, 6.45) is 7.13. The van der Waals surface area contributed by atoms with Crippen LogP contribution in [0, 0.1) is 11.8 Å². The SMILES string of the molecule is CC(C)CNCC1CCN(CCn2ccnc2)C1. The zero-order valence-corrected chi connectivity index (χ0v) is 11.7. The molecule has 0 amide bonds. The normalized spacial score (nSPS) is 20.9. The van der Waals surface area contributed by atoms with Gasteiger partial charge >= 0.3 is 0 Å². The van der Waals surface area contributed by atoms with E-state index in [1.54, 1.807) is 0 Å². The van der Waals surface area contributed by atoms with Crippen molar-refractivity contribution in [3.05, 3.63) is 18.7 Å². The summed E-state index contributed by atoms with van der Waals surface area (Å²) in [6.45, 7) is 11.6. The molecule has 102 valence electrons. The van der Waals surface area contributed by atoms with Crippen molar-refractivity contribution in [2.45, 2.75) is 26.8 Å². The summed E-state index contributed by atoms with van der Waals surface area (Å²) in [5, 5.41) is 3.58. The Labute approximate surface area is 110 Å². The third-order valence-electron chi connectivity index (χ3n) is 3.59. The lowest BCUT2D eigenvalue weighted by Gasteiger charge is -2.16. The van der Waals surface area contributed by atoms with Crippen LogP contribution in [0.3, 0.4) is 0 Å². The van der Waals surface area contributed by atoms with Crippen LogP contribution < -0.4 is 5.32 Å². The van der Waals surface area contributed by atoms with Gasteiger partial charge in [0.15, 0.2) is 0 Å². The molecule has 1 fully saturated rings. The van der Waals surface area contributed by atoms with Gasteiger partial charge in [-0.25, -0.2) is 4.98 Å². The largest absolute Gasteiger partial charge is 0.336 e. The lowest BCUT2D eigenvalue weighted by Crippen LogP contribution is -2.30. The number of aromatic nitrogens is 2. The second-order valence-electron chi connectivity index (χ2n) is 5.81. The first-order valence-corrected chi connectivity index (χ1v) is 7.13. The van der Waals surface area contributed by atoms with Crippen molar-refractivity contribution < 1.29 is 0 Å². The van der Waals surface area contributed by atoms with Gasteiger partial charge < -0.3 is 14.8 Å². The Morgan fingerprint density at radius 1 is 1.39 bits per heavy atom. The molecule has 0 saturated carbocycles. The van der Waals surface area contributed by atoms with Gasteiger partial charge in [0, 0.05) is 32.0 Å². The fraction of sp³-hybridized carbons (Fsp3) is 0.786. The standard InChI is InChI=1S/C14H26N4/c1-13(2)9-16-10-14-3-5-17(11-14)7-8-18-6-4-15-12-18/h4,6,12-14,16H,3,5,7-11H2,1-2H3. The number of likely N-dealkylation sites (tertiary alicyclic amines) is 1. The lowest BCUT2D eigenvalue weighted by atomic mass is 10.1. The van der Waals surface area contributed by atoms with Gasteiger partial charge in [-0.3, -0.25) is 0 Å². The third-order valence-corrected chi connectivity index (χ3v) is 3.59. The van der Waals surface area contributed by atoms with Gasteiger partial charge in [-0.1, -0.05) is 13.8 Å². The number of nitrogens with one attached hydrogen (secondary N) is 1. The Balaban J connectivity index is 1.59. The van der Waals surface area contributed by atoms with Gasteiger partial charge in [0.25, 0.3) is 0 Å². The van der Waals surface area contributed by atoms with E-state index in [1.807, 2.05) is 18.7 Å². The van der Waals surface area contributed by atoms with E-state index in [9.17, 15) is 0 Å². The van der Waals surface area contributed by atoms with Crippen molar-refractivity contribution in [3.8, 4) is 0 Å². The van der Waals surface area contributed by atoms with Crippen molar-refractivity contribution in [3.63, 3.8) is 0 Å². The first kappa shape index (κ1) is 13.6. The van der Waals surface area contributed by atoms with Gasteiger partial charge in [0.2, 0.25) is 0 Å². The molecule has 1 N–H and O–H groups in total. The zero-order chi connectivity index (χ0) is 12.8. The molecule has 1 atom stereocenters. The second-order valence-corrected chi connectivity index (χ2v) is 5.81. The van der Waals surface area contributed by atoms with E-state index in [4.69, 9.17) is 0 Å². The Hall–Kier alpha value is -0.870. The van der Waals surface area contributed by atoms with Crippen molar-refractivity contribution in [2.75, 3.05) is 32.7 Å². The molecule has 4 nitrogen and oxygen atoms in total. The Morgan fingerprint density at radius 2 is 2.28 bits per heavy atom. The summed E-state index contributed by atoms with van der Waals surface area (Å²) in [5.74, 6) is 1.59. The van der Waals surface area contributed by atoms with Crippen molar-refractivity contribution >= 4 is 0 Å². The molecule has 1 aromatic rings. The maximum absolute atomic E-state index is 4.07. The minimum Gasteiger partial charge on any atom is -0.336 e. The summed E-state index contributed by atoms with van der Waals surface area (Å²) in [5.41, 5.74) is 0. The predicted molar refractivity (Wildman–Crippen MR) is 74.5 cm³/mol. The minimum atomic E-state index is 0.753. The van der Waals surface area contributed by atoms with E-state index in [0.29, 0.717) is 0 Å². The first-order valence-electron chi connectivity index (χ1n) is 7.13. The third kappa shape index (κ3) is 4.42. The highest BCUT2D eigenvalue weighted by Gasteiger charge is 2.21. The van der Waals surface area contributed by atoms with Gasteiger partial charge in [-0.15, -0.1) is 0 Å². The first-order chi connectivity index (χ1) is 8.74. The van der Waals surface area contributed by atoms with Crippen LogP contribution in [0.1, 0.15) is 20.3 Å². The quantitative estimate of drug-likeness (QED) is 0.795. The summed E-state index contributed by atoms with van der Waals surface area (Å²) in [6, 6.07) is 0. The Morgan fingerprint density at radius 3 is 3.00 bits per heavy atom. The van der Waals surface area contributed by atoms with E-state index in [0.717, 1.165) is 31.5 Å². The molecular weight excluding hydrogens is 224 g/mol. The average molecular weight is 250 g/mol. The van der Waals surface area contributed by atoms with Crippen LogP contribution in [0.4, 0.5) is 0 Å². The summed E-state index contributed by atoms with van der Waals surface area (Å²) >= 11 is 0. The maximum atomic E-state index is 4.07. The molecule has 1 aliphatic heterocycles. The molecule has 0 aliphatic carbocycles. The van der Waals surface area contributed by atoms with Crippen LogP contribution in [-0.4, -0.2) is 47.2 Å². The molecule has 1 saturated heterocycles. The molecule has 2 heterocycles. The molecule has 2 rings (SSSR count). The van der Waals surface area contributed by atoms with Crippen LogP contribution in [0.25, 0.3) is 0 Å². The molecule has 0 spiro atoms. The lowest BCUT2D eigenvalue weighted by molar-refractivity contribution is 0.307. The van der Waals surface area contributed by atoms with Gasteiger partial charge in [0.05, 0.1) is 6.33 Å². The highest BCUT2D eigenvalue weighted by Crippen LogP contribution is 2.15. The maximum Gasteiger partial charge on any atom is 0.0946 e. The summed E-state index contributed by atoms with van der Waals surface area (Å²) < 4.78 is 2.16. The van der Waals surface area contributed by atoms with Crippen LogP contribution in [0.5, 0.6) is 0 Å². The topological polar surface area (TPSA) is 33.1 Å².